The Morgan fingerprint density at radius 1 is 1.29 bits per heavy atom. The molecule has 2 atom stereocenters. The second-order valence-corrected chi connectivity index (χ2v) is 4.86. The van der Waals surface area contributed by atoms with Gasteiger partial charge >= 0.3 is 0 Å². The SMILES string of the molecule is CCC1CCC(C(=N)N2CCCC2)C1. The van der Waals surface area contributed by atoms with Gasteiger partial charge in [0.1, 0.15) is 0 Å². The fourth-order valence-corrected chi connectivity index (χ4v) is 2.91. The quantitative estimate of drug-likeness (QED) is 0.531. The van der Waals surface area contributed by atoms with Crippen molar-refractivity contribution in [2.24, 2.45) is 11.8 Å². The van der Waals surface area contributed by atoms with Gasteiger partial charge in [0.25, 0.3) is 0 Å². The van der Waals surface area contributed by atoms with E-state index >= 15 is 0 Å². The Morgan fingerprint density at radius 2 is 2.00 bits per heavy atom. The summed E-state index contributed by atoms with van der Waals surface area (Å²) >= 11 is 0. The Kier molecular flexibility index (Phi) is 3.09. The van der Waals surface area contributed by atoms with Crippen LogP contribution in [0.15, 0.2) is 0 Å². The van der Waals surface area contributed by atoms with E-state index in [-0.39, 0.29) is 0 Å². The highest BCUT2D eigenvalue weighted by Crippen LogP contribution is 2.34. The van der Waals surface area contributed by atoms with Crippen molar-refractivity contribution < 1.29 is 0 Å². The van der Waals surface area contributed by atoms with Gasteiger partial charge in [-0.15, -0.1) is 0 Å². The van der Waals surface area contributed by atoms with E-state index in [2.05, 4.69) is 11.8 Å². The number of likely N-dealkylation sites (tertiary alicyclic amines) is 1. The van der Waals surface area contributed by atoms with Crippen LogP contribution in [0.3, 0.4) is 0 Å². The third kappa shape index (κ3) is 1.94. The van der Waals surface area contributed by atoms with Crippen molar-refractivity contribution in [2.45, 2.75) is 45.4 Å². The first-order valence-corrected chi connectivity index (χ1v) is 6.14. The van der Waals surface area contributed by atoms with Crippen LogP contribution in [0.1, 0.15) is 45.4 Å². The molecule has 2 unspecified atom stereocenters. The predicted octanol–water partition coefficient (Wildman–Crippen LogP) is 2.89. The number of rotatable bonds is 2. The minimum Gasteiger partial charge on any atom is -0.360 e. The first-order valence-electron chi connectivity index (χ1n) is 6.14. The van der Waals surface area contributed by atoms with Crippen LogP contribution in [0, 0.1) is 17.2 Å². The molecule has 2 nitrogen and oxygen atoms in total. The lowest BCUT2D eigenvalue weighted by atomic mass is 10.0. The number of nitrogens with one attached hydrogen (secondary N) is 1. The molecule has 1 N–H and O–H groups in total. The topological polar surface area (TPSA) is 27.1 Å². The lowest BCUT2D eigenvalue weighted by Gasteiger charge is -2.23. The molecule has 0 bridgehead atoms. The average molecular weight is 194 g/mol. The van der Waals surface area contributed by atoms with E-state index in [1.165, 1.54) is 38.5 Å². The molecule has 80 valence electrons. The van der Waals surface area contributed by atoms with Gasteiger partial charge in [-0.25, -0.2) is 0 Å². The number of amidine groups is 1. The standard InChI is InChI=1S/C12H22N2/c1-2-10-5-6-11(9-10)12(13)14-7-3-4-8-14/h10-11,13H,2-9H2,1H3. The molecule has 1 heterocycles. The summed E-state index contributed by atoms with van der Waals surface area (Å²) in [7, 11) is 0. The molecule has 0 radical (unpaired) electrons. The van der Waals surface area contributed by atoms with Gasteiger partial charge < -0.3 is 4.90 Å². The number of hydrogen-bond acceptors (Lipinski definition) is 1. The van der Waals surface area contributed by atoms with Crippen LogP contribution in [-0.4, -0.2) is 23.8 Å². The van der Waals surface area contributed by atoms with E-state index in [1.54, 1.807) is 0 Å². The molecular weight excluding hydrogens is 172 g/mol. The minimum atomic E-state index is 0.595. The normalized spacial score (nSPS) is 32.5. The monoisotopic (exact) mass is 194 g/mol. The highest BCUT2D eigenvalue weighted by atomic mass is 15.2. The molecule has 1 aliphatic heterocycles. The van der Waals surface area contributed by atoms with Crippen LogP contribution in [0.5, 0.6) is 0 Å². The molecular formula is C12H22N2. The molecule has 0 spiro atoms. The van der Waals surface area contributed by atoms with E-state index < -0.39 is 0 Å². The minimum absolute atomic E-state index is 0.595. The second kappa shape index (κ2) is 4.33. The lowest BCUT2D eigenvalue weighted by Crippen LogP contribution is -2.32. The van der Waals surface area contributed by atoms with Gasteiger partial charge in [-0.3, -0.25) is 5.41 Å². The third-order valence-corrected chi connectivity index (χ3v) is 3.95. The van der Waals surface area contributed by atoms with Crippen LogP contribution >= 0.6 is 0 Å². The molecule has 0 aromatic heterocycles. The van der Waals surface area contributed by atoms with E-state index in [0.717, 1.165) is 24.8 Å². The summed E-state index contributed by atoms with van der Waals surface area (Å²) in [6.45, 7) is 4.57. The van der Waals surface area contributed by atoms with Gasteiger partial charge in [-0.1, -0.05) is 13.3 Å². The smallest absolute Gasteiger partial charge is 0.0989 e. The number of nitrogens with zero attached hydrogens (tertiary/aromatic N) is 1. The van der Waals surface area contributed by atoms with Crippen molar-refractivity contribution in [1.82, 2.24) is 4.90 Å². The Morgan fingerprint density at radius 3 is 2.57 bits per heavy atom. The van der Waals surface area contributed by atoms with Crippen LogP contribution in [0.25, 0.3) is 0 Å². The largest absolute Gasteiger partial charge is 0.360 e. The molecule has 1 aliphatic carbocycles. The lowest BCUT2D eigenvalue weighted by molar-refractivity contribution is 0.457. The fourth-order valence-electron chi connectivity index (χ4n) is 2.91. The van der Waals surface area contributed by atoms with Crippen molar-refractivity contribution in [1.29, 1.82) is 5.41 Å². The van der Waals surface area contributed by atoms with Crippen molar-refractivity contribution in [3.05, 3.63) is 0 Å². The Labute approximate surface area is 87.2 Å². The summed E-state index contributed by atoms with van der Waals surface area (Å²) < 4.78 is 0. The highest BCUT2D eigenvalue weighted by Gasteiger charge is 2.29. The molecule has 0 amide bonds. The van der Waals surface area contributed by atoms with Crippen LogP contribution < -0.4 is 0 Å². The highest BCUT2D eigenvalue weighted by molar-refractivity contribution is 5.82. The van der Waals surface area contributed by atoms with E-state index in [0.29, 0.717) is 5.92 Å². The van der Waals surface area contributed by atoms with E-state index in [9.17, 15) is 0 Å². The summed E-state index contributed by atoms with van der Waals surface area (Å²) in [5.74, 6) is 2.46. The van der Waals surface area contributed by atoms with E-state index in [1.807, 2.05) is 0 Å². The summed E-state index contributed by atoms with van der Waals surface area (Å²) in [5, 5.41) is 8.17. The molecule has 14 heavy (non-hydrogen) atoms. The van der Waals surface area contributed by atoms with Gasteiger partial charge in [-0.05, 0) is 38.0 Å². The molecule has 0 aromatic rings. The van der Waals surface area contributed by atoms with Crippen LogP contribution in [0.4, 0.5) is 0 Å². The van der Waals surface area contributed by atoms with Crippen molar-refractivity contribution in [3.8, 4) is 0 Å². The zero-order chi connectivity index (χ0) is 9.97. The maximum atomic E-state index is 8.17. The van der Waals surface area contributed by atoms with Gasteiger partial charge in [0.15, 0.2) is 0 Å². The average Bonchev–Trinajstić information content (AvgIpc) is 2.88. The van der Waals surface area contributed by atoms with Gasteiger partial charge in [-0.2, -0.15) is 0 Å². The Hall–Kier alpha value is -0.530. The molecule has 2 fully saturated rings. The van der Waals surface area contributed by atoms with Crippen LogP contribution in [-0.2, 0) is 0 Å². The Bertz CT molecular complexity index is 206. The van der Waals surface area contributed by atoms with Crippen molar-refractivity contribution in [3.63, 3.8) is 0 Å². The molecule has 1 saturated heterocycles. The molecule has 2 heteroatoms. The maximum Gasteiger partial charge on any atom is 0.0989 e. The zero-order valence-electron chi connectivity index (χ0n) is 9.26. The molecule has 2 rings (SSSR count). The Balaban J connectivity index is 1.86. The van der Waals surface area contributed by atoms with Gasteiger partial charge in [0.2, 0.25) is 0 Å². The zero-order valence-corrected chi connectivity index (χ0v) is 9.26. The summed E-state index contributed by atoms with van der Waals surface area (Å²) in [6, 6.07) is 0. The molecule has 2 aliphatic rings. The van der Waals surface area contributed by atoms with E-state index in [4.69, 9.17) is 5.41 Å². The summed E-state index contributed by atoms with van der Waals surface area (Å²) in [4.78, 5) is 2.31. The summed E-state index contributed by atoms with van der Waals surface area (Å²) in [6.07, 6.45) is 7.82. The van der Waals surface area contributed by atoms with Crippen molar-refractivity contribution >= 4 is 5.84 Å². The van der Waals surface area contributed by atoms with Gasteiger partial charge in [0.05, 0.1) is 5.84 Å². The third-order valence-electron chi connectivity index (χ3n) is 3.95. The maximum absolute atomic E-state index is 8.17. The first kappa shape index (κ1) is 10.0. The summed E-state index contributed by atoms with van der Waals surface area (Å²) in [5.41, 5.74) is 0. The van der Waals surface area contributed by atoms with Crippen LogP contribution in [0.2, 0.25) is 0 Å². The second-order valence-electron chi connectivity index (χ2n) is 4.86. The number of hydrogen-bond donors (Lipinski definition) is 1. The molecule has 1 saturated carbocycles. The van der Waals surface area contributed by atoms with Gasteiger partial charge in [0, 0.05) is 19.0 Å². The fraction of sp³-hybridized carbons (Fsp3) is 0.917. The molecule has 0 aromatic carbocycles. The van der Waals surface area contributed by atoms with Crippen molar-refractivity contribution in [2.75, 3.05) is 13.1 Å². The first-order chi connectivity index (χ1) is 6.81. The predicted molar refractivity (Wildman–Crippen MR) is 59.7 cm³/mol.